The Morgan fingerprint density at radius 2 is 1.68 bits per heavy atom. The summed E-state index contributed by atoms with van der Waals surface area (Å²) in [6.07, 6.45) is 1.18. The molecule has 7 heteroatoms. The molecule has 0 aliphatic carbocycles. The van der Waals surface area contributed by atoms with Crippen LogP contribution in [0, 0.1) is 0 Å². The predicted octanol–water partition coefficient (Wildman–Crippen LogP) is 4.93. The Morgan fingerprint density at radius 3 is 2.42 bits per heavy atom. The van der Waals surface area contributed by atoms with E-state index in [0.29, 0.717) is 35.3 Å². The molecule has 1 fully saturated rings. The molecule has 0 saturated carbocycles. The second-order valence-electron chi connectivity index (χ2n) is 7.85. The number of aromatic nitrogens is 2. The second kappa shape index (κ2) is 8.28. The number of benzene rings is 2. The van der Waals surface area contributed by atoms with E-state index in [1.807, 2.05) is 42.5 Å². The van der Waals surface area contributed by atoms with Crippen LogP contribution in [0.5, 0.6) is 11.7 Å². The molecule has 158 valence electrons. The lowest BCUT2D eigenvalue weighted by molar-refractivity contribution is 0.315. The maximum Gasteiger partial charge on any atom is 0.290 e. The van der Waals surface area contributed by atoms with Crippen molar-refractivity contribution < 1.29 is 13.6 Å². The number of ether oxygens (including phenoxy) is 1. The monoisotopic (exact) mass is 416 g/mol. The molecule has 2 aromatic heterocycles. The fraction of sp³-hybridized carbons (Fsp3) is 0.250. The number of hydrogen-bond acceptors (Lipinski definition) is 7. The highest BCUT2D eigenvalue weighted by Gasteiger charge is 2.24. The van der Waals surface area contributed by atoms with Crippen molar-refractivity contribution in [3.8, 4) is 34.8 Å². The van der Waals surface area contributed by atoms with Crippen LogP contribution >= 0.6 is 0 Å². The minimum atomic E-state index is 0.315. The number of anilines is 1. The van der Waals surface area contributed by atoms with Crippen LogP contribution in [-0.2, 0) is 0 Å². The summed E-state index contributed by atoms with van der Waals surface area (Å²) in [6, 6.07) is 21.8. The van der Waals surface area contributed by atoms with Gasteiger partial charge in [-0.3, -0.25) is 0 Å². The highest BCUT2D eigenvalue weighted by atomic mass is 16.6. The van der Waals surface area contributed by atoms with Gasteiger partial charge >= 0.3 is 0 Å². The smallest absolute Gasteiger partial charge is 0.290 e. The Labute approximate surface area is 180 Å². The van der Waals surface area contributed by atoms with E-state index in [0.717, 1.165) is 18.7 Å². The van der Waals surface area contributed by atoms with Gasteiger partial charge in [-0.05, 0) is 63.0 Å². The van der Waals surface area contributed by atoms with E-state index >= 15 is 0 Å². The molecule has 0 N–H and O–H groups in total. The van der Waals surface area contributed by atoms with Crippen LogP contribution in [0.15, 0.2) is 75.6 Å². The summed E-state index contributed by atoms with van der Waals surface area (Å²) in [5.74, 6) is 2.30. The molecule has 1 aliphatic heterocycles. The third kappa shape index (κ3) is 4.18. The van der Waals surface area contributed by atoms with Gasteiger partial charge in [0.25, 0.3) is 11.8 Å². The first-order valence-corrected chi connectivity index (χ1v) is 10.3. The van der Waals surface area contributed by atoms with Crippen molar-refractivity contribution in [3.63, 3.8) is 0 Å². The van der Waals surface area contributed by atoms with E-state index in [-0.39, 0.29) is 0 Å². The summed E-state index contributed by atoms with van der Waals surface area (Å²) in [5.41, 5.74) is 2.08. The normalized spacial score (nSPS) is 16.2. The molecular formula is C24H24N4O3. The van der Waals surface area contributed by atoms with Crippen LogP contribution in [0.3, 0.4) is 0 Å². The maximum atomic E-state index is 5.84. The average Bonchev–Trinajstić information content (AvgIpc) is 3.55. The molecule has 4 aromatic rings. The molecule has 0 bridgehead atoms. The highest BCUT2D eigenvalue weighted by Crippen LogP contribution is 2.31. The lowest BCUT2D eigenvalue weighted by Crippen LogP contribution is -2.31. The minimum absolute atomic E-state index is 0.315. The van der Waals surface area contributed by atoms with E-state index in [4.69, 9.17) is 13.6 Å². The van der Waals surface area contributed by atoms with Gasteiger partial charge in [0.15, 0.2) is 5.76 Å². The summed E-state index contributed by atoms with van der Waals surface area (Å²) in [5, 5.41) is 8.31. The summed E-state index contributed by atoms with van der Waals surface area (Å²) in [6.45, 7) is 2.11. The fourth-order valence-corrected chi connectivity index (χ4v) is 3.75. The molecule has 0 radical (unpaired) electrons. The molecule has 0 spiro atoms. The van der Waals surface area contributed by atoms with Gasteiger partial charge in [0.05, 0.1) is 0 Å². The molecule has 0 amide bonds. The lowest BCUT2D eigenvalue weighted by Gasteiger charge is -2.21. The molecule has 1 unspecified atom stereocenters. The number of furan rings is 1. The lowest BCUT2D eigenvalue weighted by atomic mass is 10.2. The first-order valence-electron chi connectivity index (χ1n) is 10.3. The van der Waals surface area contributed by atoms with E-state index in [2.05, 4.69) is 46.2 Å². The Hall–Kier alpha value is -3.58. The van der Waals surface area contributed by atoms with E-state index in [9.17, 15) is 0 Å². The van der Waals surface area contributed by atoms with Gasteiger partial charge in [-0.25, -0.2) is 0 Å². The third-order valence-corrected chi connectivity index (χ3v) is 5.55. The molecule has 5 rings (SSSR count). The Kier molecular flexibility index (Phi) is 5.18. The molecule has 1 aliphatic rings. The van der Waals surface area contributed by atoms with Gasteiger partial charge in [0.1, 0.15) is 5.75 Å². The molecule has 1 atom stereocenters. The van der Waals surface area contributed by atoms with Crippen molar-refractivity contribution in [1.82, 2.24) is 15.1 Å². The van der Waals surface area contributed by atoms with Gasteiger partial charge in [0.2, 0.25) is 5.89 Å². The SMILES string of the molecule is CN(C)C1CCN(c2ccc(-c3nnc(-c4ccc(Oc5ccccc5)o4)o3)cc2)C1. The molecule has 1 saturated heterocycles. The molecule has 3 heterocycles. The van der Waals surface area contributed by atoms with Gasteiger partial charge in [0, 0.05) is 36.4 Å². The van der Waals surface area contributed by atoms with E-state index < -0.39 is 0 Å². The molecule has 2 aromatic carbocycles. The van der Waals surface area contributed by atoms with Gasteiger partial charge < -0.3 is 23.4 Å². The van der Waals surface area contributed by atoms with Crippen molar-refractivity contribution >= 4 is 5.69 Å². The quantitative estimate of drug-likeness (QED) is 0.441. The Balaban J connectivity index is 1.28. The predicted molar refractivity (Wildman–Crippen MR) is 118 cm³/mol. The largest absolute Gasteiger partial charge is 0.426 e. The van der Waals surface area contributed by atoms with E-state index in [1.54, 1.807) is 12.1 Å². The highest BCUT2D eigenvalue weighted by molar-refractivity contribution is 5.60. The number of nitrogens with zero attached hydrogens (tertiary/aromatic N) is 4. The van der Waals surface area contributed by atoms with Crippen molar-refractivity contribution in [2.24, 2.45) is 0 Å². The van der Waals surface area contributed by atoms with Crippen LogP contribution in [0.1, 0.15) is 6.42 Å². The van der Waals surface area contributed by atoms with Gasteiger partial charge in [-0.2, -0.15) is 0 Å². The first-order chi connectivity index (χ1) is 15.2. The summed E-state index contributed by atoms with van der Waals surface area (Å²) >= 11 is 0. The third-order valence-electron chi connectivity index (χ3n) is 5.55. The van der Waals surface area contributed by atoms with Crippen LogP contribution in [0.2, 0.25) is 0 Å². The summed E-state index contributed by atoms with van der Waals surface area (Å²) < 4.78 is 17.2. The van der Waals surface area contributed by atoms with Crippen molar-refractivity contribution in [2.75, 3.05) is 32.1 Å². The Bertz CT molecular complexity index is 1140. The fourth-order valence-electron chi connectivity index (χ4n) is 3.75. The first kappa shape index (κ1) is 19.4. The van der Waals surface area contributed by atoms with Gasteiger partial charge in [-0.1, -0.05) is 18.2 Å². The van der Waals surface area contributed by atoms with Crippen LogP contribution in [0.4, 0.5) is 5.69 Å². The molecule has 7 nitrogen and oxygen atoms in total. The maximum absolute atomic E-state index is 5.84. The van der Waals surface area contributed by atoms with Crippen molar-refractivity contribution in [3.05, 3.63) is 66.7 Å². The molecular weight excluding hydrogens is 392 g/mol. The van der Waals surface area contributed by atoms with Crippen LogP contribution in [-0.4, -0.2) is 48.3 Å². The molecule has 31 heavy (non-hydrogen) atoms. The topological polar surface area (TPSA) is 67.8 Å². The number of likely N-dealkylation sites (N-methyl/N-ethyl adjacent to an activating group) is 1. The average molecular weight is 416 g/mol. The van der Waals surface area contributed by atoms with Crippen LogP contribution < -0.4 is 9.64 Å². The number of para-hydroxylation sites is 1. The number of hydrogen-bond donors (Lipinski definition) is 0. The van der Waals surface area contributed by atoms with Crippen molar-refractivity contribution in [1.29, 1.82) is 0 Å². The Morgan fingerprint density at radius 1 is 0.903 bits per heavy atom. The zero-order valence-corrected chi connectivity index (χ0v) is 17.6. The second-order valence-corrected chi connectivity index (χ2v) is 7.85. The zero-order chi connectivity index (χ0) is 21.2. The van der Waals surface area contributed by atoms with Crippen LogP contribution in [0.25, 0.3) is 23.1 Å². The van der Waals surface area contributed by atoms with E-state index in [1.165, 1.54) is 12.1 Å². The minimum Gasteiger partial charge on any atom is -0.426 e. The summed E-state index contributed by atoms with van der Waals surface area (Å²) in [7, 11) is 4.28. The van der Waals surface area contributed by atoms with Gasteiger partial charge in [-0.15, -0.1) is 10.2 Å². The summed E-state index contributed by atoms with van der Waals surface area (Å²) in [4.78, 5) is 4.70. The zero-order valence-electron chi connectivity index (χ0n) is 17.6. The number of rotatable bonds is 6. The standard InChI is InChI=1S/C24H24N4O3/c1-27(2)19-14-15-28(16-19)18-10-8-17(9-11-18)23-25-26-24(31-23)21-12-13-22(30-21)29-20-6-4-3-5-7-20/h3-13,19H,14-16H2,1-2H3. The van der Waals surface area contributed by atoms with Crippen molar-refractivity contribution in [2.45, 2.75) is 12.5 Å².